The lowest BCUT2D eigenvalue weighted by atomic mass is 10.4. The molecule has 0 amide bonds. The number of thiophene rings is 1. The number of aryl methyl sites for hydroxylation is 1. The van der Waals surface area contributed by atoms with Crippen molar-refractivity contribution in [3.63, 3.8) is 0 Å². The second-order valence-corrected chi connectivity index (χ2v) is 7.07. The van der Waals surface area contributed by atoms with Crippen molar-refractivity contribution in [3.05, 3.63) is 16.0 Å². The monoisotopic (exact) mass is 299 g/mol. The van der Waals surface area contributed by atoms with Crippen molar-refractivity contribution in [2.75, 3.05) is 20.3 Å². The molecule has 1 rings (SSSR count). The molecule has 1 aromatic rings. The molecule has 5 nitrogen and oxygen atoms in total. The fraction of sp³-hybridized carbons (Fsp3) is 0.556. The maximum atomic E-state index is 11.9. The van der Waals surface area contributed by atoms with E-state index in [4.69, 9.17) is 21.4 Å². The molecule has 0 radical (unpaired) electrons. The van der Waals surface area contributed by atoms with Crippen molar-refractivity contribution in [3.8, 4) is 0 Å². The minimum atomic E-state index is -3.65. The number of aliphatic hydroxyl groups excluding tert-OH is 1. The van der Waals surface area contributed by atoms with E-state index >= 15 is 0 Å². The molecule has 98 valence electrons. The van der Waals surface area contributed by atoms with Gasteiger partial charge in [-0.25, -0.2) is 13.1 Å². The Morgan fingerprint density at radius 2 is 2.29 bits per heavy atom. The lowest BCUT2D eigenvalue weighted by Gasteiger charge is -2.14. The summed E-state index contributed by atoms with van der Waals surface area (Å²) >= 11 is 6.80. The zero-order chi connectivity index (χ0) is 13.1. The average Bonchev–Trinajstić information content (AvgIpc) is 2.59. The van der Waals surface area contributed by atoms with Gasteiger partial charge in [0.05, 0.1) is 23.6 Å². The molecule has 0 saturated heterocycles. The quantitative estimate of drug-likeness (QED) is 0.821. The number of aliphatic hydroxyl groups is 1. The Kier molecular flexibility index (Phi) is 5.36. The third kappa shape index (κ3) is 3.90. The summed E-state index contributed by atoms with van der Waals surface area (Å²) in [5, 5.41) is 9.00. The van der Waals surface area contributed by atoms with Crippen molar-refractivity contribution >= 4 is 33.0 Å². The first-order valence-corrected chi connectivity index (χ1v) is 7.46. The maximum absolute atomic E-state index is 11.9. The molecule has 8 heteroatoms. The van der Waals surface area contributed by atoms with Crippen molar-refractivity contribution in [2.45, 2.75) is 17.2 Å². The largest absolute Gasteiger partial charge is 0.395 e. The molecule has 1 unspecified atom stereocenters. The van der Waals surface area contributed by atoms with Crippen molar-refractivity contribution in [2.24, 2.45) is 0 Å². The van der Waals surface area contributed by atoms with E-state index < -0.39 is 16.1 Å². The second kappa shape index (κ2) is 6.12. The van der Waals surface area contributed by atoms with Gasteiger partial charge in [0.2, 0.25) is 0 Å². The van der Waals surface area contributed by atoms with Gasteiger partial charge in [0, 0.05) is 7.11 Å². The van der Waals surface area contributed by atoms with E-state index in [9.17, 15) is 8.42 Å². The number of nitrogens with one attached hydrogen (secondary N) is 1. The first-order chi connectivity index (χ1) is 7.90. The Hall–Kier alpha value is -0.180. The number of hydrogen-bond donors (Lipinski definition) is 2. The maximum Gasteiger partial charge on any atom is 0.250 e. The molecule has 0 aromatic carbocycles. The van der Waals surface area contributed by atoms with Gasteiger partial charge in [-0.15, -0.1) is 11.3 Å². The van der Waals surface area contributed by atoms with Crippen LogP contribution in [0.2, 0.25) is 4.34 Å². The predicted octanol–water partition coefficient (Wildman–Crippen LogP) is 0.996. The third-order valence-corrected chi connectivity index (χ3v) is 5.56. The van der Waals surface area contributed by atoms with Gasteiger partial charge >= 0.3 is 0 Å². The molecular formula is C9H14ClNO4S2. The van der Waals surface area contributed by atoms with Crippen LogP contribution in [0, 0.1) is 6.92 Å². The summed E-state index contributed by atoms with van der Waals surface area (Å²) in [6.07, 6.45) is 0. The van der Waals surface area contributed by atoms with Crippen LogP contribution in [0.15, 0.2) is 10.3 Å². The first kappa shape index (κ1) is 14.9. The smallest absolute Gasteiger partial charge is 0.250 e. The Bertz CT molecular complexity index is 452. The molecule has 17 heavy (non-hydrogen) atoms. The molecule has 0 aliphatic carbocycles. The zero-order valence-corrected chi connectivity index (χ0v) is 11.8. The fourth-order valence-corrected chi connectivity index (χ4v) is 4.10. The van der Waals surface area contributed by atoms with E-state index in [1.165, 1.54) is 13.2 Å². The molecule has 0 fully saturated rings. The van der Waals surface area contributed by atoms with Gasteiger partial charge < -0.3 is 9.84 Å². The van der Waals surface area contributed by atoms with Gasteiger partial charge in [0.1, 0.15) is 4.21 Å². The van der Waals surface area contributed by atoms with Gasteiger partial charge in [-0.05, 0) is 18.6 Å². The van der Waals surface area contributed by atoms with Gasteiger partial charge in [-0.1, -0.05) is 11.6 Å². The molecule has 1 atom stereocenters. The van der Waals surface area contributed by atoms with Crippen LogP contribution in [0.1, 0.15) is 5.56 Å². The highest BCUT2D eigenvalue weighted by molar-refractivity contribution is 7.91. The molecule has 1 heterocycles. The number of sulfonamides is 1. The number of methoxy groups -OCH3 is 1. The fourth-order valence-electron chi connectivity index (χ4n) is 1.17. The summed E-state index contributed by atoms with van der Waals surface area (Å²) in [7, 11) is -2.22. The standard InChI is InChI=1S/C9H14ClNO4S2/c1-6-3-8(16-9(6)10)17(13,14)11-7(4-12)5-15-2/h3,7,11-12H,4-5H2,1-2H3. The highest BCUT2D eigenvalue weighted by Gasteiger charge is 2.22. The van der Waals surface area contributed by atoms with E-state index in [1.807, 2.05) is 0 Å². The molecule has 2 N–H and O–H groups in total. The molecule has 0 saturated carbocycles. The van der Waals surface area contributed by atoms with Crippen LogP contribution in [-0.2, 0) is 14.8 Å². The Morgan fingerprint density at radius 1 is 1.65 bits per heavy atom. The Balaban J connectivity index is 2.88. The van der Waals surface area contributed by atoms with E-state index in [-0.39, 0.29) is 17.4 Å². The van der Waals surface area contributed by atoms with E-state index in [1.54, 1.807) is 6.92 Å². The normalized spacial score (nSPS) is 13.9. The SMILES string of the molecule is COCC(CO)NS(=O)(=O)c1cc(C)c(Cl)s1. The molecule has 0 aliphatic rings. The number of halogens is 1. The van der Waals surface area contributed by atoms with Gasteiger partial charge in [0.15, 0.2) is 0 Å². The lowest BCUT2D eigenvalue weighted by molar-refractivity contribution is 0.139. The Labute approximate surface area is 109 Å². The summed E-state index contributed by atoms with van der Waals surface area (Å²) in [5.41, 5.74) is 0.712. The summed E-state index contributed by atoms with van der Waals surface area (Å²) in [4.78, 5) is 0. The van der Waals surface area contributed by atoms with Gasteiger partial charge in [-0.2, -0.15) is 0 Å². The summed E-state index contributed by atoms with van der Waals surface area (Å²) in [6.45, 7) is 1.51. The van der Waals surface area contributed by atoms with E-state index in [2.05, 4.69) is 4.72 Å². The summed E-state index contributed by atoms with van der Waals surface area (Å²) < 4.78 is 31.6. The van der Waals surface area contributed by atoms with Gasteiger partial charge in [0.25, 0.3) is 10.0 Å². The van der Waals surface area contributed by atoms with Gasteiger partial charge in [-0.3, -0.25) is 0 Å². The van der Waals surface area contributed by atoms with E-state index in [0.29, 0.717) is 9.90 Å². The number of ether oxygens (including phenoxy) is 1. The van der Waals surface area contributed by atoms with E-state index in [0.717, 1.165) is 11.3 Å². The number of hydrogen-bond acceptors (Lipinski definition) is 5. The van der Waals surface area contributed by atoms with Crippen molar-refractivity contribution in [1.82, 2.24) is 4.72 Å². The van der Waals surface area contributed by atoms with Crippen LogP contribution < -0.4 is 4.72 Å². The van der Waals surface area contributed by atoms with Crippen LogP contribution in [0.3, 0.4) is 0 Å². The first-order valence-electron chi connectivity index (χ1n) is 4.78. The second-order valence-electron chi connectivity index (χ2n) is 3.48. The van der Waals surface area contributed by atoms with Crippen LogP contribution in [0.5, 0.6) is 0 Å². The Morgan fingerprint density at radius 3 is 2.71 bits per heavy atom. The molecular weight excluding hydrogens is 286 g/mol. The topological polar surface area (TPSA) is 75.6 Å². The van der Waals surface area contributed by atoms with Crippen molar-refractivity contribution in [1.29, 1.82) is 0 Å². The third-order valence-electron chi connectivity index (χ3n) is 2.01. The highest BCUT2D eigenvalue weighted by atomic mass is 35.5. The molecule has 1 aromatic heterocycles. The number of rotatable bonds is 6. The zero-order valence-electron chi connectivity index (χ0n) is 9.44. The average molecular weight is 300 g/mol. The lowest BCUT2D eigenvalue weighted by Crippen LogP contribution is -2.40. The van der Waals surface area contributed by atoms with Crippen molar-refractivity contribution < 1.29 is 18.3 Å². The minimum Gasteiger partial charge on any atom is -0.395 e. The summed E-state index contributed by atoms with van der Waals surface area (Å²) in [5.74, 6) is 0. The minimum absolute atomic E-state index is 0.105. The van der Waals surface area contributed by atoms with Crippen LogP contribution >= 0.6 is 22.9 Å². The molecule has 0 spiro atoms. The molecule has 0 bridgehead atoms. The van der Waals surface area contributed by atoms with Crippen LogP contribution in [0.25, 0.3) is 0 Å². The van der Waals surface area contributed by atoms with Crippen LogP contribution in [0.4, 0.5) is 0 Å². The summed E-state index contributed by atoms with van der Waals surface area (Å²) in [6, 6.07) is 0.836. The molecule has 0 aliphatic heterocycles. The predicted molar refractivity (Wildman–Crippen MR) is 67.1 cm³/mol. The highest BCUT2D eigenvalue weighted by Crippen LogP contribution is 2.29. The van der Waals surface area contributed by atoms with Crippen LogP contribution in [-0.4, -0.2) is 39.9 Å².